The molecule has 166 valence electrons. The Bertz CT molecular complexity index is 777. The number of hydrogen-bond acceptors (Lipinski definition) is 6. The van der Waals surface area contributed by atoms with E-state index in [1.165, 1.54) is 13.8 Å². The second-order valence-corrected chi connectivity index (χ2v) is 11.9. The summed E-state index contributed by atoms with van der Waals surface area (Å²) in [5, 5.41) is 13.9. The number of β-lactam (4-membered cyclic amide) rings is 1. The number of aliphatic hydroxyl groups excluding tert-OH is 1. The van der Waals surface area contributed by atoms with E-state index in [0.717, 1.165) is 4.90 Å². The van der Waals surface area contributed by atoms with Crippen LogP contribution in [0.2, 0.25) is 0 Å². The zero-order chi connectivity index (χ0) is 22.3. The quantitative estimate of drug-likeness (QED) is 0.455. The van der Waals surface area contributed by atoms with Crippen LogP contribution in [0.4, 0.5) is 0 Å². The van der Waals surface area contributed by atoms with Crippen LogP contribution in [0.1, 0.15) is 54.4 Å². The average Bonchev–Trinajstić information content (AvgIpc) is 2.71. The molecule has 2 aliphatic rings. The van der Waals surface area contributed by atoms with Crippen molar-refractivity contribution in [3.05, 3.63) is 0 Å². The zero-order valence-corrected chi connectivity index (χ0v) is 18.7. The van der Waals surface area contributed by atoms with Gasteiger partial charge in [0.15, 0.2) is 9.84 Å². The molecule has 2 saturated heterocycles. The van der Waals surface area contributed by atoms with Crippen LogP contribution in [0, 0.1) is 11.8 Å². The van der Waals surface area contributed by atoms with Gasteiger partial charge in [-0.1, -0.05) is 27.7 Å². The van der Waals surface area contributed by atoms with Crippen molar-refractivity contribution in [2.75, 3.05) is 6.61 Å². The maximum Gasteiger partial charge on any atom is 0.245 e. The fourth-order valence-corrected chi connectivity index (χ4v) is 6.19. The van der Waals surface area contributed by atoms with E-state index in [1.54, 1.807) is 13.8 Å². The van der Waals surface area contributed by atoms with E-state index >= 15 is 0 Å². The van der Waals surface area contributed by atoms with Crippen LogP contribution in [0.5, 0.6) is 0 Å². The zero-order valence-electron chi connectivity index (χ0n) is 17.9. The smallest absolute Gasteiger partial charge is 0.245 e. The van der Waals surface area contributed by atoms with Gasteiger partial charge in [0.25, 0.3) is 0 Å². The third kappa shape index (κ3) is 4.14. The van der Waals surface area contributed by atoms with Crippen LogP contribution < -0.4 is 10.6 Å². The Kier molecular flexibility index (Phi) is 6.69. The molecule has 9 nitrogen and oxygen atoms in total. The number of amides is 3. The summed E-state index contributed by atoms with van der Waals surface area (Å²) in [6.45, 7) is 10.1. The molecule has 0 aliphatic carbocycles. The molecule has 0 aromatic heterocycles. The van der Waals surface area contributed by atoms with Gasteiger partial charge in [-0.3, -0.25) is 14.4 Å². The first-order valence-corrected chi connectivity index (χ1v) is 11.6. The van der Waals surface area contributed by atoms with E-state index in [2.05, 4.69) is 10.6 Å². The van der Waals surface area contributed by atoms with Crippen LogP contribution >= 0.6 is 0 Å². The highest BCUT2D eigenvalue weighted by atomic mass is 32.2. The molecule has 0 aromatic carbocycles. The highest BCUT2D eigenvalue weighted by Gasteiger charge is 2.67. The molecule has 10 heteroatoms. The Hall–Kier alpha value is -1.68. The van der Waals surface area contributed by atoms with Crippen molar-refractivity contribution in [3.63, 3.8) is 0 Å². The minimum Gasteiger partial charge on any atom is -0.394 e. The van der Waals surface area contributed by atoms with Crippen molar-refractivity contribution in [1.29, 1.82) is 0 Å². The summed E-state index contributed by atoms with van der Waals surface area (Å²) in [7, 11) is -3.69. The summed E-state index contributed by atoms with van der Waals surface area (Å²) in [5.41, 5.74) is 0. The van der Waals surface area contributed by atoms with Crippen LogP contribution in [-0.4, -0.2) is 71.0 Å². The SMILES string of the molecule is CC(C)CC(CO)NC(=O)C(NC(=O)C1N2C(=O)CC2S(=O)(=O)C1(C)C)C(C)C. The standard InChI is InChI=1S/C19H33N3O6S/c1-10(2)7-12(9-23)20-17(25)15(11(3)4)21-18(26)16-19(5,6)29(27,28)14-8-13(24)22(14)16/h10-12,14-16,23H,7-9H2,1-6H3,(H,20,25)(H,21,26). The molecule has 0 radical (unpaired) electrons. The number of sulfone groups is 1. The van der Waals surface area contributed by atoms with Crippen LogP contribution in [0.3, 0.4) is 0 Å². The maximum atomic E-state index is 13.0. The third-order valence-corrected chi connectivity index (χ3v) is 8.59. The molecule has 2 heterocycles. The average molecular weight is 432 g/mol. The van der Waals surface area contributed by atoms with E-state index in [0.29, 0.717) is 6.42 Å². The number of nitrogens with one attached hydrogen (secondary N) is 2. The fraction of sp³-hybridized carbons (Fsp3) is 0.842. The summed E-state index contributed by atoms with van der Waals surface area (Å²) >= 11 is 0. The van der Waals surface area contributed by atoms with Gasteiger partial charge >= 0.3 is 0 Å². The number of fused-ring (bicyclic) bond motifs is 1. The van der Waals surface area contributed by atoms with Gasteiger partial charge in [-0.2, -0.15) is 0 Å². The molecular weight excluding hydrogens is 398 g/mol. The molecule has 0 aromatic rings. The predicted octanol–water partition coefficient (Wildman–Crippen LogP) is -0.216. The molecule has 0 spiro atoms. The molecule has 3 amide bonds. The third-order valence-electron chi connectivity index (χ3n) is 5.79. The van der Waals surface area contributed by atoms with Crippen molar-refractivity contribution in [1.82, 2.24) is 15.5 Å². The normalized spacial score (nSPS) is 26.7. The first-order chi connectivity index (χ1) is 13.3. The summed E-state index contributed by atoms with van der Waals surface area (Å²) in [4.78, 5) is 38.9. The lowest BCUT2D eigenvalue weighted by Gasteiger charge is -2.37. The van der Waals surface area contributed by atoms with Gasteiger partial charge in [0.1, 0.15) is 17.5 Å². The molecule has 0 saturated carbocycles. The molecular formula is C19H33N3O6S. The number of carbonyl (C=O) groups excluding carboxylic acids is 3. The van der Waals surface area contributed by atoms with Crippen molar-refractivity contribution in [2.24, 2.45) is 11.8 Å². The summed E-state index contributed by atoms with van der Waals surface area (Å²) in [6.07, 6.45) is 0.468. The largest absolute Gasteiger partial charge is 0.394 e. The number of rotatable bonds is 8. The highest BCUT2D eigenvalue weighted by molar-refractivity contribution is 7.93. The Morgan fingerprint density at radius 2 is 1.79 bits per heavy atom. The highest BCUT2D eigenvalue weighted by Crippen LogP contribution is 2.45. The van der Waals surface area contributed by atoms with Crippen molar-refractivity contribution >= 4 is 27.6 Å². The molecule has 0 bridgehead atoms. The molecule has 4 unspecified atom stereocenters. The maximum absolute atomic E-state index is 13.0. The molecule has 4 atom stereocenters. The van der Waals surface area contributed by atoms with Crippen molar-refractivity contribution in [3.8, 4) is 0 Å². The van der Waals surface area contributed by atoms with Crippen molar-refractivity contribution in [2.45, 2.75) is 82.6 Å². The van der Waals surface area contributed by atoms with E-state index in [9.17, 15) is 27.9 Å². The van der Waals surface area contributed by atoms with Crippen LogP contribution in [0.15, 0.2) is 0 Å². The molecule has 2 rings (SSSR count). The second-order valence-electron chi connectivity index (χ2n) is 9.26. The minimum absolute atomic E-state index is 0.114. The van der Waals surface area contributed by atoms with Crippen LogP contribution in [-0.2, 0) is 24.2 Å². The summed E-state index contributed by atoms with van der Waals surface area (Å²) < 4.78 is 23.9. The first kappa shape index (κ1) is 23.6. The Labute approximate surface area is 172 Å². The lowest BCUT2D eigenvalue weighted by atomic mass is 9.95. The van der Waals surface area contributed by atoms with Gasteiger partial charge in [0.05, 0.1) is 23.8 Å². The molecule has 2 fully saturated rings. The second kappa shape index (κ2) is 8.22. The number of hydrogen-bond donors (Lipinski definition) is 3. The summed E-state index contributed by atoms with van der Waals surface area (Å²) in [5.74, 6) is -1.50. The van der Waals surface area contributed by atoms with E-state index in [-0.39, 0.29) is 30.8 Å². The van der Waals surface area contributed by atoms with Crippen LogP contribution in [0.25, 0.3) is 0 Å². The topological polar surface area (TPSA) is 133 Å². The lowest BCUT2D eigenvalue weighted by molar-refractivity contribution is -0.150. The van der Waals surface area contributed by atoms with Gasteiger partial charge in [-0.25, -0.2) is 8.42 Å². The van der Waals surface area contributed by atoms with E-state index in [4.69, 9.17) is 0 Å². The number of aliphatic hydroxyl groups is 1. The number of nitrogens with zero attached hydrogens (tertiary/aromatic N) is 1. The first-order valence-electron chi connectivity index (χ1n) is 10.0. The molecule has 29 heavy (non-hydrogen) atoms. The Morgan fingerprint density at radius 1 is 1.21 bits per heavy atom. The Morgan fingerprint density at radius 3 is 2.24 bits per heavy atom. The van der Waals surface area contributed by atoms with E-state index in [1.807, 2.05) is 13.8 Å². The molecule has 3 N–H and O–H groups in total. The van der Waals surface area contributed by atoms with Gasteiger partial charge in [-0.15, -0.1) is 0 Å². The number of carbonyl (C=O) groups is 3. The minimum atomic E-state index is -3.69. The van der Waals surface area contributed by atoms with Gasteiger partial charge in [0, 0.05) is 0 Å². The monoisotopic (exact) mass is 431 g/mol. The fourth-order valence-electron chi connectivity index (χ4n) is 4.06. The van der Waals surface area contributed by atoms with Crippen molar-refractivity contribution < 1.29 is 27.9 Å². The predicted molar refractivity (Wildman–Crippen MR) is 107 cm³/mol. The van der Waals surface area contributed by atoms with Gasteiger partial charge in [0.2, 0.25) is 17.7 Å². The Balaban J connectivity index is 2.19. The lowest BCUT2D eigenvalue weighted by Crippen LogP contribution is -2.62. The summed E-state index contributed by atoms with van der Waals surface area (Å²) in [6, 6.07) is -2.54. The van der Waals surface area contributed by atoms with E-state index < -0.39 is 49.9 Å². The molecule has 2 aliphatic heterocycles. The van der Waals surface area contributed by atoms with Gasteiger partial charge < -0.3 is 20.6 Å². The van der Waals surface area contributed by atoms with Gasteiger partial charge in [-0.05, 0) is 32.1 Å².